The highest BCUT2D eigenvalue weighted by molar-refractivity contribution is 6.23. The molecule has 0 atom stereocenters. The predicted molar refractivity (Wildman–Crippen MR) is 199 cm³/mol. The van der Waals surface area contributed by atoms with E-state index in [-0.39, 0.29) is 0 Å². The maximum absolute atomic E-state index is 5.42. The standard InChI is InChI=1S/C44H28N4/c1-4-14-29(15-5-1)32-23-24-34-36-27-35-33-20-10-11-21-38(33)48-43(37(35)28-40(36)47(39(34)26-32)41-22-12-13-25-45-41)42(30-16-6-2-7-17-30)46-44(48)31-18-8-3-9-19-31/h1-28H. The van der Waals surface area contributed by atoms with Crippen molar-refractivity contribution in [2.45, 2.75) is 0 Å². The zero-order valence-electron chi connectivity index (χ0n) is 26.0. The van der Waals surface area contributed by atoms with Gasteiger partial charge in [-0.25, -0.2) is 9.97 Å². The number of fused-ring (bicyclic) bond motifs is 9. The number of para-hydroxylation sites is 1. The Kier molecular flexibility index (Phi) is 5.84. The molecule has 0 aliphatic carbocycles. The van der Waals surface area contributed by atoms with E-state index in [0.29, 0.717) is 0 Å². The van der Waals surface area contributed by atoms with Crippen LogP contribution in [0.3, 0.4) is 0 Å². The van der Waals surface area contributed by atoms with Crippen LogP contribution >= 0.6 is 0 Å². The molecular weight excluding hydrogens is 585 g/mol. The highest BCUT2D eigenvalue weighted by Gasteiger charge is 2.23. The Morgan fingerprint density at radius 2 is 1.04 bits per heavy atom. The van der Waals surface area contributed by atoms with Crippen LogP contribution in [0.1, 0.15) is 0 Å². The molecule has 4 nitrogen and oxygen atoms in total. The molecule has 0 radical (unpaired) electrons. The van der Waals surface area contributed by atoms with Gasteiger partial charge in [-0.15, -0.1) is 0 Å². The number of benzene rings is 6. The largest absolute Gasteiger partial charge is 0.294 e. The summed E-state index contributed by atoms with van der Waals surface area (Å²) in [5.74, 6) is 1.82. The molecule has 4 aromatic heterocycles. The summed E-state index contributed by atoms with van der Waals surface area (Å²) in [5, 5.41) is 5.94. The first-order valence-electron chi connectivity index (χ1n) is 16.3. The van der Waals surface area contributed by atoms with E-state index >= 15 is 0 Å². The third-order valence-electron chi connectivity index (χ3n) is 9.54. The average Bonchev–Trinajstić information content (AvgIpc) is 3.72. The van der Waals surface area contributed by atoms with Crippen LogP contribution in [0.4, 0.5) is 0 Å². The topological polar surface area (TPSA) is 35.1 Å². The predicted octanol–water partition coefficient (Wildman–Crippen LogP) is 11.1. The van der Waals surface area contributed by atoms with E-state index in [1.165, 1.54) is 32.7 Å². The number of hydrogen-bond acceptors (Lipinski definition) is 2. The molecule has 10 rings (SSSR count). The molecule has 0 fully saturated rings. The minimum Gasteiger partial charge on any atom is -0.294 e. The highest BCUT2D eigenvalue weighted by Crippen LogP contribution is 2.43. The highest BCUT2D eigenvalue weighted by atomic mass is 15.1. The van der Waals surface area contributed by atoms with Gasteiger partial charge in [0.05, 0.1) is 27.8 Å². The molecule has 48 heavy (non-hydrogen) atoms. The van der Waals surface area contributed by atoms with Crippen LogP contribution in [0.25, 0.3) is 88.6 Å². The summed E-state index contributed by atoms with van der Waals surface area (Å²) in [7, 11) is 0. The van der Waals surface area contributed by atoms with Crippen molar-refractivity contribution < 1.29 is 0 Å². The summed E-state index contributed by atoms with van der Waals surface area (Å²) in [6.07, 6.45) is 1.87. The molecule has 0 bridgehead atoms. The average molecular weight is 613 g/mol. The number of nitrogens with zero attached hydrogens (tertiary/aromatic N) is 4. The zero-order chi connectivity index (χ0) is 31.6. The van der Waals surface area contributed by atoms with Crippen molar-refractivity contribution in [2.24, 2.45) is 0 Å². The summed E-state index contributed by atoms with van der Waals surface area (Å²) < 4.78 is 4.68. The number of hydrogen-bond donors (Lipinski definition) is 0. The second-order valence-electron chi connectivity index (χ2n) is 12.3. The summed E-state index contributed by atoms with van der Waals surface area (Å²) in [4.78, 5) is 10.3. The van der Waals surface area contributed by atoms with Gasteiger partial charge in [-0.2, -0.15) is 0 Å². The van der Waals surface area contributed by atoms with E-state index in [9.17, 15) is 0 Å². The fraction of sp³-hybridized carbons (Fsp3) is 0. The van der Waals surface area contributed by atoms with Gasteiger partial charge in [-0.05, 0) is 52.9 Å². The van der Waals surface area contributed by atoms with Crippen LogP contribution in [0.15, 0.2) is 170 Å². The molecule has 224 valence electrons. The maximum atomic E-state index is 5.42. The minimum atomic E-state index is 0.889. The molecule has 0 amide bonds. The Bertz CT molecular complexity index is 2800. The lowest BCUT2D eigenvalue weighted by atomic mass is 9.99. The molecule has 6 aromatic carbocycles. The van der Waals surface area contributed by atoms with Crippen LogP contribution in [0, 0.1) is 0 Å². The van der Waals surface area contributed by atoms with Gasteiger partial charge in [0.25, 0.3) is 0 Å². The third kappa shape index (κ3) is 3.96. The molecule has 0 saturated carbocycles. The molecule has 4 heteroatoms. The van der Waals surface area contributed by atoms with Crippen molar-refractivity contribution in [3.8, 4) is 39.6 Å². The molecule has 0 spiro atoms. The Hall–Kier alpha value is -6.52. The first-order valence-corrected chi connectivity index (χ1v) is 16.3. The lowest BCUT2D eigenvalue weighted by molar-refractivity contribution is 1.08. The van der Waals surface area contributed by atoms with Gasteiger partial charge in [0.2, 0.25) is 0 Å². The summed E-state index contributed by atoms with van der Waals surface area (Å²) >= 11 is 0. The number of aromatic nitrogens is 4. The van der Waals surface area contributed by atoms with Crippen molar-refractivity contribution >= 4 is 49.0 Å². The van der Waals surface area contributed by atoms with E-state index in [1.54, 1.807) is 0 Å². The van der Waals surface area contributed by atoms with E-state index < -0.39 is 0 Å². The van der Waals surface area contributed by atoms with E-state index in [2.05, 4.69) is 167 Å². The van der Waals surface area contributed by atoms with Gasteiger partial charge in [-0.1, -0.05) is 127 Å². The molecule has 10 aromatic rings. The van der Waals surface area contributed by atoms with Crippen molar-refractivity contribution in [1.82, 2.24) is 18.9 Å². The van der Waals surface area contributed by atoms with Crippen molar-refractivity contribution in [1.29, 1.82) is 0 Å². The Labute approximate surface area is 276 Å². The quantitative estimate of drug-likeness (QED) is 0.185. The van der Waals surface area contributed by atoms with Crippen LogP contribution < -0.4 is 0 Å². The van der Waals surface area contributed by atoms with Gasteiger partial charge in [-0.3, -0.25) is 8.97 Å². The lowest BCUT2D eigenvalue weighted by Crippen LogP contribution is -1.97. The maximum Gasteiger partial charge on any atom is 0.145 e. The summed E-state index contributed by atoms with van der Waals surface area (Å²) in [6.45, 7) is 0. The van der Waals surface area contributed by atoms with E-state index in [0.717, 1.165) is 55.9 Å². The fourth-order valence-electron chi connectivity index (χ4n) is 7.40. The second kappa shape index (κ2) is 10.5. The van der Waals surface area contributed by atoms with E-state index in [1.807, 2.05) is 12.3 Å². The van der Waals surface area contributed by atoms with Crippen LogP contribution in [-0.4, -0.2) is 18.9 Å². The minimum absolute atomic E-state index is 0.889. The van der Waals surface area contributed by atoms with Crippen molar-refractivity contribution in [3.63, 3.8) is 0 Å². The molecule has 0 aliphatic rings. The van der Waals surface area contributed by atoms with E-state index in [4.69, 9.17) is 9.97 Å². The normalized spacial score (nSPS) is 11.8. The SMILES string of the molecule is c1ccc(-c2ccc3c4cc5c6ccccc6n6c(-c7ccccc7)nc(-c7ccccc7)c6c5cc4n(-c4ccccn4)c3c2)cc1. The molecule has 0 unspecified atom stereocenters. The summed E-state index contributed by atoms with van der Waals surface area (Å²) in [5.41, 5.74) is 9.97. The van der Waals surface area contributed by atoms with Gasteiger partial charge in [0, 0.05) is 38.9 Å². The number of rotatable bonds is 4. The van der Waals surface area contributed by atoms with Crippen LogP contribution in [0.2, 0.25) is 0 Å². The second-order valence-corrected chi connectivity index (χ2v) is 12.3. The van der Waals surface area contributed by atoms with Gasteiger partial charge in [0.15, 0.2) is 0 Å². The van der Waals surface area contributed by atoms with Crippen molar-refractivity contribution in [2.75, 3.05) is 0 Å². The van der Waals surface area contributed by atoms with Crippen LogP contribution in [0.5, 0.6) is 0 Å². The smallest absolute Gasteiger partial charge is 0.145 e. The first kappa shape index (κ1) is 26.7. The zero-order valence-corrected chi connectivity index (χ0v) is 26.0. The first-order chi connectivity index (χ1) is 23.8. The molecule has 0 aliphatic heterocycles. The van der Waals surface area contributed by atoms with Crippen LogP contribution in [-0.2, 0) is 0 Å². The molecule has 0 saturated heterocycles. The Balaban J connectivity index is 1.41. The number of imidazole rings is 1. The fourth-order valence-corrected chi connectivity index (χ4v) is 7.40. The van der Waals surface area contributed by atoms with Gasteiger partial charge in [0.1, 0.15) is 11.6 Å². The van der Waals surface area contributed by atoms with Gasteiger partial charge >= 0.3 is 0 Å². The third-order valence-corrected chi connectivity index (χ3v) is 9.54. The summed E-state index contributed by atoms with van der Waals surface area (Å²) in [6, 6.07) is 58.1. The lowest BCUT2D eigenvalue weighted by Gasteiger charge is -2.13. The molecule has 0 N–H and O–H groups in total. The monoisotopic (exact) mass is 612 g/mol. The van der Waals surface area contributed by atoms with Crippen molar-refractivity contribution in [3.05, 3.63) is 170 Å². The number of pyridine rings is 2. The van der Waals surface area contributed by atoms with Gasteiger partial charge < -0.3 is 0 Å². The molecule has 4 heterocycles. The molecular formula is C44H28N4. The Morgan fingerprint density at radius 1 is 0.396 bits per heavy atom. The Morgan fingerprint density at radius 3 is 1.79 bits per heavy atom.